The van der Waals surface area contributed by atoms with E-state index >= 15 is 0 Å². The Balaban J connectivity index is 1.67. The van der Waals surface area contributed by atoms with Crippen LogP contribution in [0.2, 0.25) is 5.02 Å². The van der Waals surface area contributed by atoms with Gasteiger partial charge in [-0.2, -0.15) is 5.26 Å². The van der Waals surface area contributed by atoms with Crippen LogP contribution < -0.4 is 4.90 Å². The van der Waals surface area contributed by atoms with E-state index in [0.29, 0.717) is 18.5 Å². The lowest BCUT2D eigenvalue weighted by Crippen LogP contribution is -2.15. The van der Waals surface area contributed by atoms with Gasteiger partial charge in [0.25, 0.3) is 0 Å². The molecule has 0 spiro atoms. The van der Waals surface area contributed by atoms with Gasteiger partial charge in [0.2, 0.25) is 0 Å². The van der Waals surface area contributed by atoms with Gasteiger partial charge in [0, 0.05) is 35.6 Å². The first-order valence-electron chi connectivity index (χ1n) is 9.00. The fraction of sp³-hybridized carbons (Fsp3) is 0.0909. The molecule has 0 radical (unpaired) electrons. The third-order valence-electron chi connectivity index (χ3n) is 5.09. The molecule has 140 valence electrons. The van der Waals surface area contributed by atoms with E-state index in [0.717, 1.165) is 39.1 Å². The number of aromatic nitrogens is 3. The Morgan fingerprint density at radius 3 is 2.83 bits per heavy atom. The number of fused-ring (bicyclic) bond motifs is 2. The van der Waals surface area contributed by atoms with Crippen molar-refractivity contribution in [1.29, 1.82) is 5.26 Å². The summed E-state index contributed by atoms with van der Waals surface area (Å²) in [5, 5.41) is 10.1. The molecule has 2 aromatic carbocycles. The van der Waals surface area contributed by atoms with Gasteiger partial charge in [-0.15, -0.1) is 0 Å². The lowest BCUT2D eigenvalue weighted by molar-refractivity contribution is 0.627. The first-order valence-corrected chi connectivity index (χ1v) is 9.37. The normalized spacial score (nSPS) is 12.8. The number of pyridine rings is 1. The first-order chi connectivity index (χ1) is 14.1. The zero-order chi connectivity index (χ0) is 20.0. The minimum atomic E-state index is -0.410. The van der Waals surface area contributed by atoms with E-state index in [1.807, 2.05) is 23.1 Å². The number of nitriles is 1. The molecule has 1 aliphatic rings. The highest BCUT2D eigenvalue weighted by Gasteiger charge is 2.25. The summed E-state index contributed by atoms with van der Waals surface area (Å²) < 4.78 is 13.9. The van der Waals surface area contributed by atoms with Crippen molar-refractivity contribution in [3.63, 3.8) is 0 Å². The molecule has 29 heavy (non-hydrogen) atoms. The largest absolute Gasteiger partial charge is 0.325 e. The zero-order valence-electron chi connectivity index (χ0n) is 15.1. The topological polar surface area (TPSA) is 65.7 Å². The van der Waals surface area contributed by atoms with Gasteiger partial charge >= 0.3 is 0 Å². The molecule has 2 aromatic heterocycles. The third-order valence-corrected chi connectivity index (χ3v) is 5.38. The number of halogens is 2. The summed E-state index contributed by atoms with van der Waals surface area (Å²) in [6, 6.07) is 12.9. The van der Waals surface area contributed by atoms with Crippen LogP contribution in [0.15, 0.2) is 55.1 Å². The summed E-state index contributed by atoms with van der Waals surface area (Å²) in [6.07, 6.45) is 5.49. The van der Waals surface area contributed by atoms with Crippen LogP contribution in [0.4, 0.5) is 15.9 Å². The van der Waals surface area contributed by atoms with E-state index in [4.69, 9.17) is 16.9 Å². The van der Waals surface area contributed by atoms with E-state index in [1.54, 1.807) is 18.3 Å². The van der Waals surface area contributed by atoms with Gasteiger partial charge in [-0.1, -0.05) is 17.7 Å². The summed E-state index contributed by atoms with van der Waals surface area (Å²) in [6.45, 7) is 0.678. The number of nitrogens with zero attached hydrogens (tertiary/aromatic N) is 5. The Kier molecular flexibility index (Phi) is 4.11. The lowest BCUT2D eigenvalue weighted by Gasteiger charge is -2.20. The summed E-state index contributed by atoms with van der Waals surface area (Å²) in [5.41, 5.74) is 4.81. The zero-order valence-corrected chi connectivity index (χ0v) is 15.9. The Morgan fingerprint density at radius 2 is 1.97 bits per heavy atom. The maximum Gasteiger partial charge on any atom is 0.144 e. The van der Waals surface area contributed by atoms with Crippen LogP contribution in [0.25, 0.3) is 22.0 Å². The molecule has 0 amide bonds. The predicted octanol–water partition coefficient (Wildman–Crippen LogP) is 5.05. The lowest BCUT2D eigenvalue weighted by atomic mass is 10.0. The minimum absolute atomic E-state index is 0.0918. The monoisotopic (exact) mass is 401 g/mol. The Bertz CT molecular complexity index is 1310. The van der Waals surface area contributed by atoms with E-state index < -0.39 is 5.82 Å². The maximum atomic E-state index is 13.9. The first kappa shape index (κ1) is 17.5. The van der Waals surface area contributed by atoms with E-state index in [9.17, 15) is 4.39 Å². The summed E-state index contributed by atoms with van der Waals surface area (Å²) in [5.74, 6) is 0.328. The molecule has 3 heterocycles. The van der Waals surface area contributed by atoms with Crippen LogP contribution in [0.5, 0.6) is 0 Å². The molecule has 0 N–H and O–H groups in total. The molecule has 0 bridgehead atoms. The highest BCUT2D eigenvalue weighted by atomic mass is 35.5. The molecule has 0 unspecified atom stereocenters. The third kappa shape index (κ3) is 2.96. The van der Waals surface area contributed by atoms with Gasteiger partial charge in [0.05, 0.1) is 16.1 Å². The van der Waals surface area contributed by atoms with Crippen molar-refractivity contribution in [2.75, 3.05) is 11.4 Å². The van der Waals surface area contributed by atoms with Crippen LogP contribution in [-0.2, 0) is 6.42 Å². The standard InChI is InChI=1S/C22H13ClFN5/c23-18-8-21-15(7-19(18)24)3-4-29(21)22-17-6-14(1-2-20(17)27-12-28-22)16-5-13(9-25)10-26-11-16/h1-2,5-8,10-12H,3-4H2. The van der Waals surface area contributed by atoms with Gasteiger partial charge < -0.3 is 4.90 Å². The van der Waals surface area contributed by atoms with Gasteiger partial charge in [-0.3, -0.25) is 4.98 Å². The van der Waals surface area contributed by atoms with Crippen molar-refractivity contribution in [2.24, 2.45) is 0 Å². The molecule has 7 heteroatoms. The molecule has 0 aliphatic carbocycles. The van der Waals surface area contributed by atoms with Crippen molar-refractivity contribution in [2.45, 2.75) is 6.42 Å². The van der Waals surface area contributed by atoms with Crippen LogP contribution in [0.3, 0.4) is 0 Å². The molecule has 0 fully saturated rings. The number of benzene rings is 2. The second kappa shape index (κ2) is 6.80. The second-order valence-corrected chi connectivity index (χ2v) is 7.21. The number of anilines is 2. The van der Waals surface area contributed by atoms with Crippen LogP contribution in [-0.4, -0.2) is 21.5 Å². The summed E-state index contributed by atoms with van der Waals surface area (Å²) >= 11 is 6.03. The molecular formula is C22H13ClFN5. The van der Waals surface area contributed by atoms with Crippen LogP contribution in [0, 0.1) is 17.1 Å². The molecular weight excluding hydrogens is 389 g/mol. The van der Waals surface area contributed by atoms with E-state index in [1.165, 1.54) is 18.6 Å². The van der Waals surface area contributed by atoms with Gasteiger partial charge in [-0.05, 0) is 47.9 Å². The fourth-order valence-electron chi connectivity index (χ4n) is 3.70. The molecule has 0 saturated heterocycles. The van der Waals surface area contributed by atoms with E-state index in [-0.39, 0.29) is 5.02 Å². The molecule has 4 aromatic rings. The van der Waals surface area contributed by atoms with Crippen molar-refractivity contribution in [3.05, 3.63) is 77.1 Å². The molecule has 0 saturated carbocycles. The SMILES string of the molecule is N#Cc1cncc(-c2ccc3ncnc(N4CCc5cc(F)c(Cl)cc54)c3c2)c1. The number of rotatable bonds is 2. The van der Waals surface area contributed by atoms with Gasteiger partial charge in [0.15, 0.2) is 0 Å². The summed E-state index contributed by atoms with van der Waals surface area (Å²) in [4.78, 5) is 15.1. The minimum Gasteiger partial charge on any atom is -0.325 e. The Labute approximate surface area is 171 Å². The average molecular weight is 402 g/mol. The van der Waals surface area contributed by atoms with Crippen molar-refractivity contribution >= 4 is 34.0 Å². The fourth-order valence-corrected chi connectivity index (χ4v) is 3.86. The van der Waals surface area contributed by atoms with Crippen LogP contribution in [0.1, 0.15) is 11.1 Å². The van der Waals surface area contributed by atoms with Crippen molar-refractivity contribution < 1.29 is 4.39 Å². The molecule has 0 atom stereocenters. The van der Waals surface area contributed by atoms with Crippen molar-refractivity contribution in [3.8, 4) is 17.2 Å². The Hall–Kier alpha value is -3.56. The molecule has 5 rings (SSSR count). The van der Waals surface area contributed by atoms with Crippen molar-refractivity contribution in [1.82, 2.24) is 15.0 Å². The Morgan fingerprint density at radius 1 is 1.07 bits per heavy atom. The average Bonchev–Trinajstić information content (AvgIpc) is 3.15. The highest BCUT2D eigenvalue weighted by molar-refractivity contribution is 6.31. The van der Waals surface area contributed by atoms with E-state index in [2.05, 4.69) is 21.0 Å². The highest BCUT2D eigenvalue weighted by Crippen LogP contribution is 2.39. The number of hydrogen-bond donors (Lipinski definition) is 0. The van der Waals surface area contributed by atoms with Gasteiger partial charge in [0.1, 0.15) is 24.0 Å². The van der Waals surface area contributed by atoms with Crippen LogP contribution >= 0.6 is 11.6 Å². The smallest absolute Gasteiger partial charge is 0.144 e. The second-order valence-electron chi connectivity index (χ2n) is 6.80. The molecule has 1 aliphatic heterocycles. The molecule has 5 nitrogen and oxygen atoms in total. The number of hydrogen-bond acceptors (Lipinski definition) is 5. The summed E-state index contributed by atoms with van der Waals surface area (Å²) in [7, 11) is 0. The van der Waals surface area contributed by atoms with Gasteiger partial charge in [-0.25, -0.2) is 14.4 Å². The maximum absolute atomic E-state index is 13.9. The predicted molar refractivity (Wildman–Crippen MR) is 110 cm³/mol. The quantitative estimate of drug-likeness (QED) is 0.470.